The van der Waals surface area contributed by atoms with Crippen molar-refractivity contribution in [2.24, 2.45) is 0 Å². The lowest BCUT2D eigenvalue weighted by Gasteiger charge is -2.13. The van der Waals surface area contributed by atoms with Gasteiger partial charge < -0.3 is 5.32 Å². The standard InChI is InChI=1S/C12H16BrNO2S/c1-17(15,16)8-7-14-12-6-5-9-10(12)3-2-4-11(9)13/h2-4,12,14H,5-8H2,1H3. The van der Waals surface area contributed by atoms with Crippen molar-refractivity contribution >= 4 is 25.8 Å². The zero-order valence-electron chi connectivity index (χ0n) is 9.74. The lowest BCUT2D eigenvalue weighted by atomic mass is 10.1. The van der Waals surface area contributed by atoms with E-state index in [2.05, 4.69) is 33.4 Å². The zero-order chi connectivity index (χ0) is 12.5. The summed E-state index contributed by atoms with van der Waals surface area (Å²) in [7, 11) is -2.87. The quantitative estimate of drug-likeness (QED) is 0.924. The highest BCUT2D eigenvalue weighted by Crippen LogP contribution is 2.35. The molecule has 3 nitrogen and oxygen atoms in total. The molecule has 0 heterocycles. The molecule has 0 amide bonds. The molecule has 0 spiro atoms. The maximum atomic E-state index is 11.1. The number of halogens is 1. The molecular weight excluding hydrogens is 302 g/mol. The smallest absolute Gasteiger partial charge is 0.148 e. The van der Waals surface area contributed by atoms with Crippen LogP contribution >= 0.6 is 15.9 Å². The predicted molar refractivity (Wildman–Crippen MR) is 72.9 cm³/mol. The second kappa shape index (κ2) is 5.08. The highest BCUT2D eigenvalue weighted by Gasteiger charge is 2.23. The molecule has 94 valence electrons. The van der Waals surface area contributed by atoms with Gasteiger partial charge in [-0.25, -0.2) is 8.42 Å². The molecule has 1 aromatic rings. The first-order valence-electron chi connectivity index (χ1n) is 5.66. The van der Waals surface area contributed by atoms with Crippen LogP contribution < -0.4 is 5.32 Å². The van der Waals surface area contributed by atoms with E-state index in [1.165, 1.54) is 17.4 Å². The maximum absolute atomic E-state index is 11.1. The van der Waals surface area contributed by atoms with E-state index in [-0.39, 0.29) is 5.75 Å². The van der Waals surface area contributed by atoms with Gasteiger partial charge in [0.05, 0.1) is 5.75 Å². The third-order valence-electron chi connectivity index (χ3n) is 3.08. The number of sulfone groups is 1. The number of rotatable bonds is 4. The van der Waals surface area contributed by atoms with E-state index < -0.39 is 9.84 Å². The molecule has 1 atom stereocenters. The fourth-order valence-corrected chi connectivity index (χ4v) is 3.31. The van der Waals surface area contributed by atoms with Gasteiger partial charge in [0.2, 0.25) is 0 Å². The Kier molecular flexibility index (Phi) is 3.90. The maximum Gasteiger partial charge on any atom is 0.148 e. The van der Waals surface area contributed by atoms with Gasteiger partial charge in [-0.3, -0.25) is 0 Å². The van der Waals surface area contributed by atoms with Crippen LogP contribution in [-0.4, -0.2) is 27.0 Å². The summed E-state index contributed by atoms with van der Waals surface area (Å²) in [5.74, 6) is 0.201. The summed E-state index contributed by atoms with van der Waals surface area (Å²) in [6.07, 6.45) is 3.36. The topological polar surface area (TPSA) is 46.2 Å². The van der Waals surface area contributed by atoms with Gasteiger partial charge in [0.15, 0.2) is 0 Å². The van der Waals surface area contributed by atoms with Crippen LogP contribution in [0.3, 0.4) is 0 Å². The molecule has 0 saturated heterocycles. The zero-order valence-corrected chi connectivity index (χ0v) is 12.1. The monoisotopic (exact) mass is 317 g/mol. The van der Waals surface area contributed by atoms with Gasteiger partial charge in [-0.15, -0.1) is 0 Å². The molecule has 17 heavy (non-hydrogen) atoms. The van der Waals surface area contributed by atoms with E-state index in [1.54, 1.807) is 0 Å². The Labute approximate surface area is 111 Å². The summed E-state index contributed by atoms with van der Waals surface area (Å²) in [5, 5.41) is 3.32. The second-order valence-electron chi connectivity index (χ2n) is 4.48. The average Bonchev–Trinajstić information content (AvgIpc) is 2.61. The van der Waals surface area contributed by atoms with E-state index in [0.29, 0.717) is 12.6 Å². The van der Waals surface area contributed by atoms with Crippen LogP contribution in [0, 0.1) is 0 Å². The van der Waals surface area contributed by atoms with Crippen LogP contribution in [0.5, 0.6) is 0 Å². The molecule has 0 bridgehead atoms. The van der Waals surface area contributed by atoms with E-state index in [1.807, 2.05) is 6.07 Å². The molecule has 5 heteroatoms. The summed E-state index contributed by atoms with van der Waals surface area (Å²) < 4.78 is 23.3. The van der Waals surface area contributed by atoms with E-state index in [9.17, 15) is 8.42 Å². The summed E-state index contributed by atoms with van der Waals surface area (Å²) in [6.45, 7) is 0.523. The SMILES string of the molecule is CS(=O)(=O)CCNC1CCc2c(Br)cccc21. The normalized spacial score (nSPS) is 19.3. The molecule has 0 saturated carbocycles. The molecule has 1 aliphatic carbocycles. The third kappa shape index (κ3) is 3.30. The van der Waals surface area contributed by atoms with Crippen molar-refractivity contribution in [3.63, 3.8) is 0 Å². The number of fused-ring (bicyclic) bond motifs is 1. The molecule has 0 radical (unpaired) electrons. The van der Waals surface area contributed by atoms with Crippen LogP contribution in [0.15, 0.2) is 22.7 Å². The predicted octanol–water partition coefficient (Wildman–Crippen LogP) is 2.07. The molecule has 0 aliphatic heterocycles. The summed E-state index contributed by atoms with van der Waals surface area (Å²) in [4.78, 5) is 0. The number of nitrogens with one attached hydrogen (secondary N) is 1. The van der Waals surface area contributed by atoms with Gasteiger partial charge in [-0.1, -0.05) is 28.1 Å². The highest BCUT2D eigenvalue weighted by atomic mass is 79.9. The highest BCUT2D eigenvalue weighted by molar-refractivity contribution is 9.10. The number of hydrogen-bond acceptors (Lipinski definition) is 3. The lowest BCUT2D eigenvalue weighted by Crippen LogP contribution is -2.25. The Hall–Kier alpha value is -0.390. The molecule has 1 unspecified atom stereocenters. The first kappa shape index (κ1) is 13.1. The Bertz CT molecular complexity index is 513. The molecule has 1 aliphatic rings. The number of hydrogen-bond donors (Lipinski definition) is 1. The molecular formula is C12H16BrNO2S. The summed E-state index contributed by atoms with van der Waals surface area (Å²) >= 11 is 3.55. The Morgan fingerprint density at radius 3 is 2.94 bits per heavy atom. The molecule has 2 rings (SSSR count). The van der Waals surface area contributed by atoms with Gasteiger partial charge in [0.25, 0.3) is 0 Å². The van der Waals surface area contributed by atoms with Gasteiger partial charge in [-0.2, -0.15) is 0 Å². The van der Waals surface area contributed by atoms with Crippen molar-refractivity contribution in [1.82, 2.24) is 5.32 Å². The molecule has 1 N–H and O–H groups in total. The Morgan fingerprint density at radius 1 is 1.47 bits per heavy atom. The second-order valence-corrected chi connectivity index (χ2v) is 7.60. The van der Waals surface area contributed by atoms with Crippen molar-refractivity contribution in [3.8, 4) is 0 Å². The molecule has 0 aromatic heterocycles. The van der Waals surface area contributed by atoms with Gasteiger partial charge >= 0.3 is 0 Å². The van der Waals surface area contributed by atoms with Crippen molar-refractivity contribution in [1.29, 1.82) is 0 Å². The first-order valence-corrected chi connectivity index (χ1v) is 8.51. The van der Waals surface area contributed by atoms with Crippen molar-refractivity contribution < 1.29 is 8.42 Å². The van der Waals surface area contributed by atoms with Gasteiger partial charge in [0.1, 0.15) is 9.84 Å². The largest absolute Gasteiger partial charge is 0.309 e. The first-order chi connectivity index (χ1) is 7.97. The average molecular weight is 318 g/mol. The van der Waals surface area contributed by atoms with Gasteiger partial charge in [-0.05, 0) is 30.0 Å². The molecule has 0 fully saturated rings. The van der Waals surface area contributed by atoms with Crippen molar-refractivity contribution in [2.45, 2.75) is 18.9 Å². The van der Waals surface area contributed by atoms with Crippen LogP contribution in [-0.2, 0) is 16.3 Å². The van der Waals surface area contributed by atoms with E-state index in [4.69, 9.17) is 0 Å². The van der Waals surface area contributed by atoms with Crippen molar-refractivity contribution in [3.05, 3.63) is 33.8 Å². The molecule has 1 aromatic carbocycles. The van der Waals surface area contributed by atoms with E-state index >= 15 is 0 Å². The minimum Gasteiger partial charge on any atom is -0.309 e. The van der Waals surface area contributed by atoms with Crippen LogP contribution in [0.4, 0.5) is 0 Å². The lowest BCUT2D eigenvalue weighted by molar-refractivity contribution is 0.542. The van der Waals surface area contributed by atoms with Crippen LogP contribution in [0.1, 0.15) is 23.6 Å². The summed E-state index contributed by atoms with van der Waals surface area (Å²) in [5.41, 5.74) is 2.65. The third-order valence-corrected chi connectivity index (χ3v) is 4.77. The number of benzene rings is 1. The minimum absolute atomic E-state index is 0.201. The van der Waals surface area contributed by atoms with Gasteiger partial charge in [0, 0.05) is 23.3 Å². The van der Waals surface area contributed by atoms with Crippen LogP contribution in [0.2, 0.25) is 0 Å². The Balaban J connectivity index is 2.01. The fraction of sp³-hybridized carbons (Fsp3) is 0.500. The summed E-state index contributed by atoms with van der Waals surface area (Å²) in [6, 6.07) is 6.49. The minimum atomic E-state index is -2.87. The van der Waals surface area contributed by atoms with Crippen molar-refractivity contribution in [2.75, 3.05) is 18.6 Å². The van der Waals surface area contributed by atoms with Crippen LogP contribution in [0.25, 0.3) is 0 Å². The van der Waals surface area contributed by atoms with E-state index in [0.717, 1.165) is 17.3 Å². The fourth-order valence-electron chi connectivity index (χ4n) is 2.24. The Morgan fingerprint density at radius 2 is 2.24 bits per heavy atom.